The Morgan fingerprint density at radius 1 is 1.00 bits per heavy atom. The number of hydrogen-bond acceptors (Lipinski definition) is 6. The van der Waals surface area contributed by atoms with Crippen LogP contribution in [0.15, 0.2) is 59.5 Å². The first kappa shape index (κ1) is 23.2. The number of thioether (sulfide) groups is 1. The summed E-state index contributed by atoms with van der Waals surface area (Å²) in [5, 5.41) is 0. The van der Waals surface area contributed by atoms with Crippen molar-refractivity contribution in [2.45, 2.75) is 32.7 Å². The largest absolute Gasteiger partial charge is 0.464 e. The highest BCUT2D eigenvalue weighted by Gasteiger charge is 2.46. The molecule has 0 aromatic heterocycles. The molecule has 1 saturated heterocycles. The molecule has 2 aliphatic heterocycles. The van der Waals surface area contributed by atoms with Gasteiger partial charge >= 0.3 is 5.97 Å². The molecule has 33 heavy (non-hydrogen) atoms. The van der Waals surface area contributed by atoms with Gasteiger partial charge < -0.3 is 9.64 Å². The number of carbonyl (C=O) groups excluding carboxylic acids is 3. The van der Waals surface area contributed by atoms with Gasteiger partial charge in [-0.3, -0.25) is 14.5 Å². The number of nitrogens with zero attached hydrogens (tertiary/aromatic N) is 2. The number of esters is 1. The number of benzene rings is 2. The Balaban J connectivity index is 1.79. The van der Waals surface area contributed by atoms with Crippen LogP contribution in [-0.4, -0.2) is 40.2 Å². The lowest BCUT2D eigenvalue weighted by molar-refractivity contribution is -0.151. The summed E-state index contributed by atoms with van der Waals surface area (Å²) < 4.78 is 5.64. The van der Waals surface area contributed by atoms with Gasteiger partial charge in [-0.25, -0.2) is 4.79 Å². The fourth-order valence-corrected chi connectivity index (χ4v) is 5.39. The Kier molecular flexibility index (Phi) is 6.95. The van der Waals surface area contributed by atoms with Crippen LogP contribution in [0.2, 0.25) is 0 Å². The van der Waals surface area contributed by atoms with Gasteiger partial charge in [0.25, 0.3) is 11.8 Å². The van der Waals surface area contributed by atoms with Gasteiger partial charge in [-0.1, -0.05) is 86.4 Å². The number of fused-ring (bicyclic) bond motifs is 1. The minimum absolute atomic E-state index is 0.219. The van der Waals surface area contributed by atoms with E-state index >= 15 is 0 Å². The van der Waals surface area contributed by atoms with Gasteiger partial charge in [-0.15, -0.1) is 0 Å². The summed E-state index contributed by atoms with van der Waals surface area (Å²) in [5.74, 6) is -1.22. The number of anilines is 1. The minimum Gasteiger partial charge on any atom is -0.464 e. The topological polar surface area (TPSA) is 66.9 Å². The van der Waals surface area contributed by atoms with E-state index in [0.717, 1.165) is 23.9 Å². The van der Waals surface area contributed by atoms with Crippen molar-refractivity contribution in [2.75, 3.05) is 18.1 Å². The van der Waals surface area contributed by atoms with Gasteiger partial charge in [0.05, 0.1) is 22.8 Å². The van der Waals surface area contributed by atoms with Crippen molar-refractivity contribution in [3.63, 3.8) is 0 Å². The molecule has 6 nitrogen and oxygen atoms in total. The summed E-state index contributed by atoms with van der Waals surface area (Å²) >= 11 is 6.62. The summed E-state index contributed by atoms with van der Waals surface area (Å²) in [5.41, 5.74) is 2.44. The fraction of sp³-hybridized carbons (Fsp3) is 0.280. The molecule has 2 aromatic carbocycles. The van der Waals surface area contributed by atoms with Crippen LogP contribution in [0.4, 0.5) is 5.69 Å². The van der Waals surface area contributed by atoms with Crippen LogP contribution in [-0.2, 0) is 19.1 Å². The van der Waals surface area contributed by atoms with E-state index in [9.17, 15) is 14.4 Å². The molecule has 170 valence electrons. The molecular weight excluding hydrogens is 456 g/mol. The Morgan fingerprint density at radius 2 is 1.70 bits per heavy atom. The zero-order valence-electron chi connectivity index (χ0n) is 18.4. The van der Waals surface area contributed by atoms with Gasteiger partial charge in [-0.2, -0.15) is 0 Å². The number of para-hydroxylation sites is 1. The van der Waals surface area contributed by atoms with Crippen LogP contribution < -0.4 is 4.90 Å². The predicted octanol–water partition coefficient (Wildman–Crippen LogP) is 4.71. The quantitative estimate of drug-likeness (QED) is 0.325. The first-order valence-corrected chi connectivity index (χ1v) is 12.1. The molecular formula is C25H24N2O4S2. The van der Waals surface area contributed by atoms with Crippen LogP contribution in [0.25, 0.3) is 5.57 Å². The average molecular weight is 481 g/mol. The molecule has 0 N–H and O–H groups in total. The minimum atomic E-state index is -1.01. The number of amides is 2. The number of rotatable bonds is 7. The number of carbonyl (C=O) groups is 3. The van der Waals surface area contributed by atoms with E-state index in [1.165, 1.54) is 4.90 Å². The van der Waals surface area contributed by atoms with Gasteiger partial charge in [0.2, 0.25) is 0 Å². The fourth-order valence-electron chi connectivity index (χ4n) is 4.01. The number of ether oxygens (including phenoxy) is 1. The molecule has 8 heteroatoms. The molecule has 0 aliphatic carbocycles. The Morgan fingerprint density at radius 3 is 2.39 bits per heavy atom. The van der Waals surface area contributed by atoms with E-state index in [1.807, 2.05) is 44.2 Å². The predicted molar refractivity (Wildman–Crippen MR) is 133 cm³/mol. The number of hydrogen-bond donors (Lipinski definition) is 0. The van der Waals surface area contributed by atoms with Crippen LogP contribution in [0, 0.1) is 0 Å². The summed E-state index contributed by atoms with van der Waals surface area (Å²) in [4.78, 5) is 43.3. The van der Waals surface area contributed by atoms with Crippen molar-refractivity contribution in [1.29, 1.82) is 0 Å². The molecule has 4 rings (SSSR count). The highest BCUT2D eigenvalue weighted by Crippen LogP contribution is 2.46. The highest BCUT2D eigenvalue weighted by atomic mass is 32.2. The summed E-state index contributed by atoms with van der Waals surface area (Å²) in [6.07, 6.45) is 1.45. The standard InChI is InChI=1S/C25H24N2O4S2/c1-3-14-26-18-13-9-8-12-17(18)19(22(26)28)21-23(29)27(25(32)33-21)20(24(30)31-15-4-2)16-10-6-5-7-11-16/h5-13,20H,3-4,14-15H2,1-2H3/b21-19-. The van der Waals surface area contributed by atoms with E-state index in [-0.39, 0.29) is 21.7 Å². The second-order valence-corrected chi connectivity index (χ2v) is 9.35. The molecule has 1 atom stereocenters. The van der Waals surface area contributed by atoms with Crippen molar-refractivity contribution >= 4 is 57.3 Å². The Bertz CT molecular complexity index is 1150. The van der Waals surface area contributed by atoms with Gasteiger partial charge in [0.15, 0.2) is 6.04 Å². The second kappa shape index (κ2) is 9.89. The van der Waals surface area contributed by atoms with Crippen molar-refractivity contribution in [2.24, 2.45) is 0 Å². The van der Waals surface area contributed by atoms with Crippen LogP contribution in [0.5, 0.6) is 0 Å². The maximum atomic E-state index is 13.7. The van der Waals surface area contributed by atoms with Gasteiger partial charge in [0, 0.05) is 12.1 Å². The summed E-state index contributed by atoms with van der Waals surface area (Å²) in [7, 11) is 0. The van der Waals surface area contributed by atoms with Crippen LogP contribution in [0.1, 0.15) is 43.9 Å². The van der Waals surface area contributed by atoms with E-state index in [4.69, 9.17) is 17.0 Å². The van der Waals surface area contributed by atoms with Gasteiger partial charge in [-0.05, 0) is 24.5 Å². The van der Waals surface area contributed by atoms with Crippen molar-refractivity contribution < 1.29 is 19.1 Å². The van der Waals surface area contributed by atoms with E-state index in [1.54, 1.807) is 29.2 Å². The summed E-state index contributed by atoms with van der Waals surface area (Å²) in [6.45, 7) is 4.70. The maximum Gasteiger partial charge on any atom is 0.333 e. The third-order valence-electron chi connectivity index (χ3n) is 5.44. The lowest BCUT2D eigenvalue weighted by Crippen LogP contribution is -2.38. The zero-order valence-corrected chi connectivity index (χ0v) is 20.1. The highest BCUT2D eigenvalue weighted by molar-refractivity contribution is 8.26. The first-order chi connectivity index (χ1) is 16.0. The molecule has 0 saturated carbocycles. The average Bonchev–Trinajstić information content (AvgIpc) is 3.26. The van der Waals surface area contributed by atoms with E-state index in [0.29, 0.717) is 29.7 Å². The molecule has 2 amide bonds. The molecule has 1 fully saturated rings. The zero-order chi connectivity index (χ0) is 23.5. The van der Waals surface area contributed by atoms with Crippen molar-refractivity contribution in [3.8, 4) is 0 Å². The maximum absolute atomic E-state index is 13.7. The molecule has 2 heterocycles. The molecule has 0 bridgehead atoms. The normalized spacial score (nSPS) is 18.7. The SMILES string of the molecule is CCCOC(=O)C(c1ccccc1)N1C(=O)/C(=C2/C(=O)N(CCC)c3ccccc32)SC1=S. The molecule has 2 aliphatic rings. The smallest absolute Gasteiger partial charge is 0.333 e. The van der Waals surface area contributed by atoms with Crippen LogP contribution in [0.3, 0.4) is 0 Å². The summed E-state index contributed by atoms with van der Waals surface area (Å²) in [6, 6.07) is 15.4. The molecule has 0 spiro atoms. The number of thiocarbonyl (C=S) groups is 1. The van der Waals surface area contributed by atoms with Gasteiger partial charge in [0.1, 0.15) is 4.32 Å². The van der Waals surface area contributed by atoms with Crippen LogP contribution >= 0.6 is 24.0 Å². The van der Waals surface area contributed by atoms with E-state index in [2.05, 4.69) is 0 Å². The van der Waals surface area contributed by atoms with Crippen molar-refractivity contribution in [1.82, 2.24) is 4.90 Å². The Labute approximate surface area is 202 Å². The third-order valence-corrected chi connectivity index (χ3v) is 6.84. The molecule has 0 radical (unpaired) electrons. The lowest BCUT2D eigenvalue weighted by atomic mass is 10.0. The third kappa shape index (κ3) is 4.20. The van der Waals surface area contributed by atoms with E-state index < -0.39 is 17.9 Å². The lowest BCUT2D eigenvalue weighted by Gasteiger charge is -2.25. The monoisotopic (exact) mass is 480 g/mol. The Hall–Kier alpha value is -2.97. The molecule has 2 aromatic rings. The van der Waals surface area contributed by atoms with Crippen molar-refractivity contribution in [3.05, 3.63) is 70.6 Å². The first-order valence-electron chi connectivity index (χ1n) is 10.9. The molecule has 1 unspecified atom stereocenters. The second-order valence-electron chi connectivity index (χ2n) is 7.70.